The van der Waals surface area contributed by atoms with E-state index in [1.165, 1.54) is 34.8 Å². The second-order valence-electron chi connectivity index (χ2n) is 6.93. The normalized spacial score (nSPS) is 20.3. The van der Waals surface area contributed by atoms with Crippen LogP contribution in [0.4, 0.5) is 0 Å². The molecule has 0 spiro atoms. The molecule has 1 aliphatic rings. The minimum absolute atomic E-state index is 0.174. The minimum Gasteiger partial charge on any atom is -0.371 e. The second kappa shape index (κ2) is 7.21. The van der Waals surface area contributed by atoms with Crippen molar-refractivity contribution >= 4 is 11.3 Å². The van der Waals surface area contributed by atoms with Crippen LogP contribution in [0.5, 0.6) is 0 Å². The molecule has 0 amide bonds. The van der Waals surface area contributed by atoms with Crippen LogP contribution in [0.2, 0.25) is 0 Å². The highest BCUT2D eigenvalue weighted by Crippen LogP contribution is 2.37. The van der Waals surface area contributed by atoms with Gasteiger partial charge in [-0.2, -0.15) is 0 Å². The summed E-state index contributed by atoms with van der Waals surface area (Å²) in [5.74, 6) is 0.567. The molecule has 0 saturated heterocycles. The van der Waals surface area contributed by atoms with Crippen molar-refractivity contribution in [1.82, 2.24) is 10.3 Å². The highest BCUT2D eigenvalue weighted by atomic mass is 32.1. The lowest BCUT2D eigenvalue weighted by molar-refractivity contribution is 0.0595. The number of thiazole rings is 1. The molecule has 0 fully saturated rings. The first-order valence-corrected chi connectivity index (χ1v) is 9.12. The Bertz CT molecular complexity index is 450. The summed E-state index contributed by atoms with van der Waals surface area (Å²) in [6.07, 6.45) is 4.93. The smallest absolute Gasteiger partial charge is 0.122 e. The van der Waals surface area contributed by atoms with E-state index in [-0.39, 0.29) is 11.6 Å². The zero-order chi connectivity index (χ0) is 15.5. The molecule has 2 unspecified atom stereocenters. The van der Waals surface area contributed by atoms with Gasteiger partial charge in [-0.15, -0.1) is 11.3 Å². The molecule has 120 valence electrons. The third-order valence-corrected chi connectivity index (χ3v) is 5.20. The summed E-state index contributed by atoms with van der Waals surface area (Å²) in [7, 11) is 0. The summed E-state index contributed by atoms with van der Waals surface area (Å²) in [6, 6.07) is 0. The van der Waals surface area contributed by atoms with Gasteiger partial charge in [0.1, 0.15) is 11.1 Å². The van der Waals surface area contributed by atoms with Crippen molar-refractivity contribution in [3.63, 3.8) is 0 Å². The molecule has 21 heavy (non-hydrogen) atoms. The summed E-state index contributed by atoms with van der Waals surface area (Å²) in [6.45, 7) is 12.7. The maximum absolute atomic E-state index is 5.84. The number of hydrogen-bond donors (Lipinski definition) is 1. The van der Waals surface area contributed by atoms with Crippen LogP contribution in [0.3, 0.4) is 0 Å². The first kappa shape index (κ1) is 16.9. The summed E-state index contributed by atoms with van der Waals surface area (Å²) in [5.41, 5.74) is 1.52. The van der Waals surface area contributed by atoms with Crippen molar-refractivity contribution in [2.45, 2.75) is 77.9 Å². The summed E-state index contributed by atoms with van der Waals surface area (Å²) < 4.78 is 5.84. The van der Waals surface area contributed by atoms with Crippen LogP contribution in [0.25, 0.3) is 0 Å². The third-order valence-electron chi connectivity index (χ3n) is 3.98. The molecule has 1 aliphatic carbocycles. The predicted octanol–water partition coefficient (Wildman–Crippen LogP) is 4.44. The van der Waals surface area contributed by atoms with Gasteiger partial charge in [0, 0.05) is 29.5 Å². The lowest BCUT2D eigenvalue weighted by atomic mass is 9.90. The van der Waals surface area contributed by atoms with Crippen molar-refractivity contribution in [2.24, 2.45) is 0 Å². The fourth-order valence-electron chi connectivity index (χ4n) is 2.86. The Balaban J connectivity index is 2.13. The van der Waals surface area contributed by atoms with Gasteiger partial charge in [0.25, 0.3) is 0 Å². The van der Waals surface area contributed by atoms with Gasteiger partial charge < -0.3 is 10.1 Å². The molecular weight excluding hydrogens is 280 g/mol. The lowest BCUT2D eigenvalue weighted by Gasteiger charge is -2.27. The van der Waals surface area contributed by atoms with Crippen molar-refractivity contribution in [3.05, 3.63) is 15.6 Å². The van der Waals surface area contributed by atoms with E-state index in [2.05, 4.69) is 39.9 Å². The summed E-state index contributed by atoms with van der Waals surface area (Å²) in [4.78, 5) is 6.47. The fourth-order valence-corrected chi connectivity index (χ4v) is 4.18. The Morgan fingerprint density at radius 1 is 1.38 bits per heavy atom. The van der Waals surface area contributed by atoms with Crippen molar-refractivity contribution < 1.29 is 4.74 Å². The minimum atomic E-state index is 0.174. The van der Waals surface area contributed by atoms with Crippen LogP contribution in [0.15, 0.2) is 0 Å². The lowest BCUT2D eigenvalue weighted by Crippen LogP contribution is -2.39. The van der Waals surface area contributed by atoms with Crippen LogP contribution in [-0.4, -0.2) is 23.7 Å². The Labute approximate surface area is 133 Å². The van der Waals surface area contributed by atoms with Gasteiger partial charge in [0.2, 0.25) is 0 Å². The van der Waals surface area contributed by atoms with E-state index in [1.54, 1.807) is 0 Å². The van der Waals surface area contributed by atoms with Crippen LogP contribution in [0, 0.1) is 0 Å². The Morgan fingerprint density at radius 3 is 2.76 bits per heavy atom. The van der Waals surface area contributed by atoms with Crippen molar-refractivity contribution in [1.29, 1.82) is 0 Å². The van der Waals surface area contributed by atoms with E-state index in [4.69, 9.17) is 9.72 Å². The summed E-state index contributed by atoms with van der Waals surface area (Å²) in [5, 5.41) is 4.83. The maximum Gasteiger partial charge on any atom is 0.122 e. The van der Waals surface area contributed by atoms with Gasteiger partial charge in [0.15, 0.2) is 0 Å². The predicted molar refractivity (Wildman–Crippen MR) is 90.2 cm³/mol. The monoisotopic (exact) mass is 310 g/mol. The zero-order valence-electron chi connectivity index (χ0n) is 14.2. The average molecular weight is 311 g/mol. The Hall–Kier alpha value is -0.450. The highest BCUT2D eigenvalue weighted by Gasteiger charge is 2.27. The number of nitrogens with one attached hydrogen (secondary N) is 1. The van der Waals surface area contributed by atoms with Crippen LogP contribution < -0.4 is 5.32 Å². The molecule has 3 nitrogen and oxygen atoms in total. The molecule has 0 aromatic carbocycles. The van der Waals surface area contributed by atoms with E-state index in [1.807, 2.05) is 11.3 Å². The maximum atomic E-state index is 5.84. The number of aromatic nitrogens is 1. The Kier molecular flexibility index (Phi) is 5.81. The molecule has 1 N–H and O–H groups in total. The van der Waals surface area contributed by atoms with Gasteiger partial charge in [-0.1, -0.05) is 6.92 Å². The largest absolute Gasteiger partial charge is 0.371 e. The SMILES string of the molecule is CCOC(CC)c1nc2c(s1)CCCC2CNC(C)(C)C. The number of aryl methyl sites for hydroxylation is 1. The molecule has 0 aliphatic heterocycles. The number of hydrogen-bond acceptors (Lipinski definition) is 4. The first-order valence-electron chi connectivity index (χ1n) is 8.30. The highest BCUT2D eigenvalue weighted by molar-refractivity contribution is 7.11. The van der Waals surface area contributed by atoms with Gasteiger partial charge in [-0.05, 0) is 53.4 Å². The van der Waals surface area contributed by atoms with E-state index in [9.17, 15) is 0 Å². The number of fused-ring (bicyclic) bond motifs is 1. The second-order valence-corrected chi connectivity index (χ2v) is 8.05. The van der Waals surface area contributed by atoms with Crippen LogP contribution in [0.1, 0.15) is 81.5 Å². The van der Waals surface area contributed by atoms with Crippen LogP contribution in [-0.2, 0) is 11.2 Å². The molecule has 1 aromatic heterocycles. The average Bonchev–Trinajstić information content (AvgIpc) is 2.85. The van der Waals surface area contributed by atoms with E-state index in [0.29, 0.717) is 5.92 Å². The van der Waals surface area contributed by atoms with Gasteiger partial charge >= 0.3 is 0 Å². The van der Waals surface area contributed by atoms with Crippen LogP contribution >= 0.6 is 11.3 Å². The standard InChI is InChI=1S/C17H30N2OS/c1-6-13(20-7-2)16-19-15-12(11-18-17(3,4)5)9-8-10-14(15)21-16/h12-13,18H,6-11H2,1-5H3. The molecule has 2 atom stereocenters. The molecule has 2 rings (SSSR count). The number of ether oxygens (including phenoxy) is 1. The van der Waals surface area contributed by atoms with Gasteiger partial charge in [-0.25, -0.2) is 4.98 Å². The molecule has 4 heteroatoms. The molecule has 0 saturated carbocycles. The zero-order valence-corrected chi connectivity index (χ0v) is 15.0. The first-order chi connectivity index (χ1) is 9.94. The molecule has 1 aromatic rings. The fraction of sp³-hybridized carbons (Fsp3) is 0.824. The van der Waals surface area contributed by atoms with Crippen molar-refractivity contribution in [3.8, 4) is 0 Å². The number of rotatable bonds is 6. The Morgan fingerprint density at radius 2 is 2.14 bits per heavy atom. The van der Waals surface area contributed by atoms with E-state index in [0.717, 1.165) is 19.6 Å². The topological polar surface area (TPSA) is 34.1 Å². The molecule has 1 heterocycles. The van der Waals surface area contributed by atoms with E-state index < -0.39 is 0 Å². The van der Waals surface area contributed by atoms with E-state index >= 15 is 0 Å². The quantitative estimate of drug-likeness (QED) is 0.843. The third kappa shape index (κ3) is 4.51. The molecule has 0 bridgehead atoms. The van der Waals surface area contributed by atoms with Gasteiger partial charge in [-0.3, -0.25) is 0 Å². The van der Waals surface area contributed by atoms with Crippen molar-refractivity contribution in [2.75, 3.05) is 13.2 Å². The number of nitrogens with zero attached hydrogens (tertiary/aromatic N) is 1. The molecule has 0 radical (unpaired) electrons. The molecular formula is C17H30N2OS. The van der Waals surface area contributed by atoms with Gasteiger partial charge in [0.05, 0.1) is 5.69 Å². The summed E-state index contributed by atoms with van der Waals surface area (Å²) >= 11 is 1.88.